The minimum atomic E-state index is -0.505. The number of hydrogen-bond acceptors (Lipinski definition) is 5. The molecular formula is C31H35N5O4. The predicted molar refractivity (Wildman–Crippen MR) is 157 cm³/mol. The molecule has 0 saturated carbocycles. The Balaban J connectivity index is 1.55. The minimum absolute atomic E-state index is 0.0903. The van der Waals surface area contributed by atoms with Crippen LogP contribution in [0.25, 0.3) is 10.9 Å². The van der Waals surface area contributed by atoms with E-state index in [-0.39, 0.29) is 30.1 Å². The third kappa shape index (κ3) is 6.66. The highest BCUT2D eigenvalue weighted by Crippen LogP contribution is 2.20. The van der Waals surface area contributed by atoms with Crippen molar-refractivity contribution >= 4 is 34.1 Å². The van der Waals surface area contributed by atoms with Crippen molar-refractivity contribution in [2.45, 2.75) is 32.9 Å². The van der Waals surface area contributed by atoms with E-state index in [9.17, 15) is 19.7 Å². The van der Waals surface area contributed by atoms with Gasteiger partial charge < -0.3 is 19.7 Å². The van der Waals surface area contributed by atoms with E-state index in [0.29, 0.717) is 25.1 Å². The number of fused-ring (bicyclic) bond motifs is 1. The van der Waals surface area contributed by atoms with E-state index in [2.05, 4.69) is 11.1 Å². The Morgan fingerprint density at radius 2 is 1.62 bits per heavy atom. The van der Waals surface area contributed by atoms with Crippen molar-refractivity contribution in [2.24, 2.45) is 0 Å². The molecule has 208 valence electrons. The minimum Gasteiger partial charge on any atom is -0.378 e. The maximum atomic E-state index is 13.8. The van der Waals surface area contributed by atoms with Crippen LogP contribution < -0.4 is 4.90 Å². The van der Waals surface area contributed by atoms with E-state index >= 15 is 0 Å². The first-order valence-corrected chi connectivity index (χ1v) is 13.3. The Morgan fingerprint density at radius 3 is 2.25 bits per heavy atom. The number of anilines is 1. The molecule has 0 unspecified atom stereocenters. The second-order valence-corrected chi connectivity index (χ2v) is 10.3. The molecule has 0 aliphatic heterocycles. The van der Waals surface area contributed by atoms with Gasteiger partial charge in [-0.1, -0.05) is 30.3 Å². The molecule has 0 spiro atoms. The Labute approximate surface area is 234 Å². The number of hydrogen-bond donors (Lipinski definition) is 1. The average molecular weight is 542 g/mol. The Kier molecular flexibility index (Phi) is 8.83. The lowest BCUT2D eigenvalue weighted by Gasteiger charge is -2.30. The zero-order valence-electron chi connectivity index (χ0n) is 23.3. The lowest BCUT2D eigenvalue weighted by molar-refractivity contribution is -0.384. The molecule has 0 atom stereocenters. The third-order valence-corrected chi connectivity index (χ3v) is 7.02. The molecule has 1 N–H and O–H groups in total. The fourth-order valence-electron chi connectivity index (χ4n) is 4.63. The smallest absolute Gasteiger partial charge is 0.269 e. The normalized spacial score (nSPS) is 11.0. The lowest BCUT2D eigenvalue weighted by Crippen LogP contribution is -2.46. The second kappa shape index (κ2) is 12.5. The number of para-hydroxylation sites is 1. The fraction of sp³-hybridized carbons (Fsp3) is 0.290. The quantitative estimate of drug-likeness (QED) is 0.206. The summed E-state index contributed by atoms with van der Waals surface area (Å²) in [5.41, 5.74) is 4.45. The number of H-pyrrole nitrogens is 1. The van der Waals surface area contributed by atoms with Gasteiger partial charge in [-0.3, -0.25) is 19.7 Å². The van der Waals surface area contributed by atoms with Crippen LogP contribution in [0.15, 0.2) is 79.0 Å². The molecule has 2 amide bonds. The number of amides is 2. The highest BCUT2D eigenvalue weighted by atomic mass is 16.6. The van der Waals surface area contributed by atoms with Crippen molar-refractivity contribution in [2.75, 3.05) is 32.1 Å². The van der Waals surface area contributed by atoms with Gasteiger partial charge in [-0.2, -0.15) is 0 Å². The van der Waals surface area contributed by atoms with Crippen LogP contribution in [0.2, 0.25) is 0 Å². The monoisotopic (exact) mass is 541 g/mol. The number of nitrogens with one attached hydrogen (secondary N) is 1. The maximum Gasteiger partial charge on any atom is 0.269 e. The number of non-ortho nitro benzene ring substituents is 1. The fourth-order valence-corrected chi connectivity index (χ4v) is 4.63. The van der Waals surface area contributed by atoms with Gasteiger partial charge in [-0.05, 0) is 61.7 Å². The summed E-state index contributed by atoms with van der Waals surface area (Å²) in [6, 6.07) is 21.4. The molecule has 9 nitrogen and oxygen atoms in total. The highest BCUT2D eigenvalue weighted by molar-refractivity contribution is 5.97. The average Bonchev–Trinajstić information content (AvgIpc) is 3.36. The number of aromatic nitrogens is 1. The molecule has 0 aliphatic rings. The molecule has 9 heteroatoms. The molecule has 0 fully saturated rings. The Bertz CT molecular complexity index is 1480. The third-order valence-electron chi connectivity index (χ3n) is 7.02. The predicted octanol–water partition coefficient (Wildman–Crippen LogP) is 5.26. The van der Waals surface area contributed by atoms with Crippen LogP contribution in [0.3, 0.4) is 0 Å². The van der Waals surface area contributed by atoms with E-state index < -0.39 is 4.92 Å². The SMILES string of the molecule is CC(C)N(CC(=O)N(CCc1c[nH]c2ccccc12)Cc1ccc(N(C)C)cc1)C(=O)c1ccc([N+](=O)[O-])cc1. The van der Waals surface area contributed by atoms with Crippen molar-refractivity contribution in [3.05, 3.63) is 106 Å². The lowest BCUT2D eigenvalue weighted by atomic mass is 10.1. The summed E-state index contributed by atoms with van der Waals surface area (Å²) < 4.78 is 0. The topological polar surface area (TPSA) is 103 Å². The van der Waals surface area contributed by atoms with Crippen LogP contribution in [-0.2, 0) is 17.8 Å². The second-order valence-electron chi connectivity index (χ2n) is 10.3. The Morgan fingerprint density at radius 1 is 0.950 bits per heavy atom. The summed E-state index contributed by atoms with van der Waals surface area (Å²) in [7, 11) is 3.96. The number of aromatic amines is 1. The van der Waals surface area contributed by atoms with Gasteiger partial charge in [0.05, 0.1) is 4.92 Å². The summed E-state index contributed by atoms with van der Waals surface area (Å²) in [5.74, 6) is -0.509. The van der Waals surface area contributed by atoms with E-state index in [4.69, 9.17) is 0 Å². The van der Waals surface area contributed by atoms with Crippen molar-refractivity contribution in [3.8, 4) is 0 Å². The van der Waals surface area contributed by atoms with Crippen LogP contribution in [0.1, 0.15) is 35.3 Å². The number of rotatable bonds is 11. The van der Waals surface area contributed by atoms with E-state index in [0.717, 1.165) is 27.7 Å². The van der Waals surface area contributed by atoms with E-state index in [1.54, 1.807) is 4.90 Å². The van der Waals surface area contributed by atoms with E-state index in [1.807, 2.05) is 81.5 Å². The largest absolute Gasteiger partial charge is 0.378 e. The van der Waals surface area contributed by atoms with Crippen LogP contribution in [-0.4, -0.2) is 64.7 Å². The maximum absolute atomic E-state index is 13.8. The van der Waals surface area contributed by atoms with Gasteiger partial charge in [-0.15, -0.1) is 0 Å². The molecule has 0 radical (unpaired) electrons. The number of nitrogens with zero attached hydrogens (tertiary/aromatic N) is 4. The molecule has 0 bridgehead atoms. The zero-order chi connectivity index (χ0) is 28.8. The molecule has 0 aliphatic carbocycles. The number of nitro groups is 1. The Hall–Kier alpha value is -4.66. The highest BCUT2D eigenvalue weighted by Gasteiger charge is 2.25. The number of carbonyl (C=O) groups excluding carboxylic acids is 2. The summed E-state index contributed by atoms with van der Waals surface area (Å²) in [6.07, 6.45) is 2.64. The summed E-state index contributed by atoms with van der Waals surface area (Å²) in [4.78, 5) is 46.3. The standard InChI is InChI=1S/C31H35N5O4/c1-22(2)35(31(38)24-11-15-27(16-12-24)36(39)40)21-30(37)34(20-23-9-13-26(14-10-23)33(3)4)18-17-25-19-32-29-8-6-5-7-28(25)29/h5-16,19,22,32H,17-18,20-21H2,1-4H3. The van der Waals surface area contributed by atoms with Gasteiger partial charge >= 0.3 is 0 Å². The number of benzene rings is 3. The summed E-state index contributed by atoms with van der Waals surface area (Å²) in [6.45, 7) is 4.50. The van der Waals surface area contributed by atoms with Crippen molar-refractivity contribution in [1.82, 2.24) is 14.8 Å². The van der Waals surface area contributed by atoms with Gasteiger partial charge in [-0.25, -0.2) is 0 Å². The molecule has 0 saturated heterocycles. The van der Waals surface area contributed by atoms with Crippen LogP contribution >= 0.6 is 0 Å². The molecule has 4 aromatic rings. The van der Waals surface area contributed by atoms with Crippen molar-refractivity contribution < 1.29 is 14.5 Å². The molecule has 1 aromatic heterocycles. The van der Waals surface area contributed by atoms with Crippen molar-refractivity contribution in [1.29, 1.82) is 0 Å². The summed E-state index contributed by atoms with van der Waals surface area (Å²) in [5, 5.41) is 12.1. The molecule has 40 heavy (non-hydrogen) atoms. The first-order chi connectivity index (χ1) is 19.1. The molecule has 3 aromatic carbocycles. The first-order valence-electron chi connectivity index (χ1n) is 13.3. The molecular weight excluding hydrogens is 506 g/mol. The van der Waals surface area contributed by atoms with E-state index in [1.165, 1.54) is 29.2 Å². The van der Waals surface area contributed by atoms with Crippen molar-refractivity contribution in [3.63, 3.8) is 0 Å². The van der Waals surface area contributed by atoms with Gasteiger partial charge in [0.1, 0.15) is 6.54 Å². The number of carbonyl (C=O) groups is 2. The van der Waals surface area contributed by atoms with Crippen LogP contribution in [0.5, 0.6) is 0 Å². The van der Waals surface area contributed by atoms with Crippen LogP contribution in [0, 0.1) is 10.1 Å². The zero-order valence-corrected chi connectivity index (χ0v) is 23.3. The van der Waals surface area contributed by atoms with Gasteiger partial charge in [0, 0.05) is 73.7 Å². The number of nitro benzene ring substituents is 1. The van der Waals surface area contributed by atoms with Crippen LogP contribution in [0.4, 0.5) is 11.4 Å². The molecule has 4 rings (SSSR count). The van der Waals surface area contributed by atoms with Gasteiger partial charge in [0.2, 0.25) is 5.91 Å². The first kappa shape index (κ1) is 28.4. The summed E-state index contributed by atoms with van der Waals surface area (Å²) >= 11 is 0. The van der Waals surface area contributed by atoms with Gasteiger partial charge in [0.15, 0.2) is 0 Å². The van der Waals surface area contributed by atoms with Gasteiger partial charge in [0.25, 0.3) is 11.6 Å². The molecule has 1 heterocycles.